The van der Waals surface area contributed by atoms with Gasteiger partial charge in [0.05, 0.1) is 26.6 Å². The van der Waals surface area contributed by atoms with Gasteiger partial charge in [0.15, 0.2) is 6.10 Å². The number of carbonyl (C=O) groups excluding carboxylic acids is 2. The smallest absolute Gasteiger partial charge is 0.335 e. The second-order valence-electron chi connectivity index (χ2n) is 7.95. The van der Waals surface area contributed by atoms with E-state index in [9.17, 15) is 18.0 Å². The average Bonchev–Trinajstić information content (AvgIpc) is 2.76. The van der Waals surface area contributed by atoms with Crippen molar-refractivity contribution in [1.82, 2.24) is 0 Å². The fraction of sp³-hybridized carbons (Fsp3) is 0.667. The van der Waals surface area contributed by atoms with Gasteiger partial charge in [0.25, 0.3) is 10.1 Å². The fourth-order valence-electron chi connectivity index (χ4n) is 3.35. The molecule has 0 aromatic heterocycles. The Morgan fingerprint density at radius 3 is 2.15 bits per heavy atom. The predicted octanol–water partition coefficient (Wildman–Crippen LogP) is 3.60. The molecule has 0 saturated heterocycles. The molecule has 1 aromatic rings. The van der Waals surface area contributed by atoms with E-state index in [-0.39, 0.29) is 12.6 Å². The van der Waals surface area contributed by atoms with Crippen molar-refractivity contribution in [2.24, 2.45) is 0 Å². The lowest BCUT2D eigenvalue weighted by atomic mass is 9.97. The van der Waals surface area contributed by atoms with Crippen molar-refractivity contribution < 1.29 is 36.4 Å². The van der Waals surface area contributed by atoms with Crippen LogP contribution in [0, 0.1) is 0 Å². The number of hydrogen-bond acceptors (Lipinski definition) is 8. The number of methoxy groups -OCH3 is 1. The largest absolute Gasteiger partial charge is 0.467 e. The molecule has 1 aromatic carbocycles. The summed E-state index contributed by atoms with van der Waals surface area (Å²) < 4.78 is 42.4. The van der Waals surface area contributed by atoms with Crippen molar-refractivity contribution in [2.45, 2.75) is 70.8 Å². The van der Waals surface area contributed by atoms with Gasteiger partial charge in [-0.1, -0.05) is 37.1 Å². The number of unbranched alkanes of at least 4 members (excludes halogenated alkanes) is 5. The molecule has 0 aliphatic carbocycles. The van der Waals surface area contributed by atoms with Gasteiger partial charge in [-0.3, -0.25) is 8.98 Å². The van der Waals surface area contributed by atoms with Crippen molar-refractivity contribution in [3.8, 4) is 0 Å². The van der Waals surface area contributed by atoms with Crippen LogP contribution >= 0.6 is 0 Å². The zero-order valence-electron chi connectivity index (χ0n) is 20.0. The number of carbonyl (C=O) groups is 2. The monoisotopic (exact) mass is 486 g/mol. The van der Waals surface area contributed by atoms with Crippen LogP contribution in [-0.4, -0.2) is 59.6 Å². The average molecular weight is 487 g/mol. The number of ether oxygens (including phenoxy) is 3. The first-order chi connectivity index (χ1) is 15.7. The van der Waals surface area contributed by atoms with Crippen LogP contribution < -0.4 is 0 Å². The molecule has 0 fully saturated rings. The van der Waals surface area contributed by atoms with E-state index < -0.39 is 22.2 Å². The second-order valence-corrected chi connectivity index (χ2v) is 9.59. The third-order valence-corrected chi connectivity index (χ3v) is 5.63. The summed E-state index contributed by atoms with van der Waals surface area (Å²) in [4.78, 5) is 23.0. The van der Waals surface area contributed by atoms with E-state index in [1.807, 2.05) is 18.2 Å². The molecule has 0 radical (unpaired) electrons. The lowest BCUT2D eigenvalue weighted by molar-refractivity contribution is -0.154. The van der Waals surface area contributed by atoms with E-state index in [0.29, 0.717) is 26.1 Å². The number of benzene rings is 1. The van der Waals surface area contributed by atoms with Crippen molar-refractivity contribution in [1.29, 1.82) is 0 Å². The molecule has 1 rings (SSSR count). The Kier molecular flexibility index (Phi) is 14.6. The molecule has 0 spiro atoms. The van der Waals surface area contributed by atoms with Gasteiger partial charge in [0.1, 0.15) is 0 Å². The molecule has 1 atom stereocenters. The van der Waals surface area contributed by atoms with Gasteiger partial charge >= 0.3 is 11.9 Å². The molecule has 0 aliphatic heterocycles. The minimum atomic E-state index is -3.37. The van der Waals surface area contributed by atoms with Gasteiger partial charge in [-0.15, -0.1) is 0 Å². The fourth-order valence-corrected chi connectivity index (χ4v) is 3.77. The SMILES string of the molecule is COC(=O)C(Cc1ccccc1CCCCCCOS(C)(=O)=O)OCCCCCOC(C)=O. The highest BCUT2D eigenvalue weighted by Gasteiger charge is 2.21. The third-order valence-electron chi connectivity index (χ3n) is 5.04. The Labute approximate surface area is 198 Å². The van der Waals surface area contributed by atoms with E-state index in [4.69, 9.17) is 18.4 Å². The quantitative estimate of drug-likeness (QED) is 0.176. The minimum Gasteiger partial charge on any atom is -0.467 e. The Balaban J connectivity index is 2.45. The van der Waals surface area contributed by atoms with Crippen LogP contribution in [0.5, 0.6) is 0 Å². The van der Waals surface area contributed by atoms with Gasteiger partial charge < -0.3 is 14.2 Å². The molecule has 0 heterocycles. The molecule has 1 unspecified atom stereocenters. The Hall–Kier alpha value is -1.97. The highest BCUT2D eigenvalue weighted by molar-refractivity contribution is 7.85. The zero-order chi connectivity index (χ0) is 24.5. The van der Waals surface area contributed by atoms with Gasteiger partial charge in [-0.2, -0.15) is 8.42 Å². The van der Waals surface area contributed by atoms with Gasteiger partial charge in [0, 0.05) is 20.0 Å². The highest BCUT2D eigenvalue weighted by Crippen LogP contribution is 2.17. The molecule has 0 N–H and O–H groups in total. The first-order valence-electron chi connectivity index (χ1n) is 11.5. The van der Waals surface area contributed by atoms with Crippen molar-refractivity contribution >= 4 is 22.1 Å². The van der Waals surface area contributed by atoms with Crippen molar-refractivity contribution in [3.05, 3.63) is 35.4 Å². The lowest BCUT2D eigenvalue weighted by Crippen LogP contribution is -2.29. The first kappa shape index (κ1) is 29.1. The van der Waals surface area contributed by atoms with Crippen LogP contribution in [0.1, 0.15) is 63.0 Å². The van der Waals surface area contributed by atoms with Crippen LogP contribution in [0.25, 0.3) is 0 Å². The summed E-state index contributed by atoms with van der Waals surface area (Å²) in [7, 11) is -2.01. The summed E-state index contributed by atoms with van der Waals surface area (Å²) >= 11 is 0. The van der Waals surface area contributed by atoms with Crippen LogP contribution in [0.3, 0.4) is 0 Å². The summed E-state index contributed by atoms with van der Waals surface area (Å²) in [5.41, 5.74) is 2.23. The molecule has 33 heavy (non-hydrogen) atoms. The Morgan fingerprint density at radius 2 is 1.48 bits per heavy atom. The maximum Gasteiger partial charge on any atom is 0.335 e. The summed E-state index contributed by atoms with van der Waals surface area (Å²) in [6, 6.07) is 8.00. The summed E-state index contributed by atoms with van der Waals surface area (Å²) in [5.74, 6) is -0.674. The summed E-state index contributed by atoms with van der Waals surface area (Å²) in [6.45, 7) is 2.43. The van der Waals surface area contributed by atoms with Crippen LogP contribution in [0.2, 0.25) is 0 Å². The molecule has 0 saturated carbocycles. The lowest BCUT2D eigenvalue weighted by Gasteiger charge is -2.18. The highest BCUT2D eigenvalue weighted by atomic mass is 32.2. The topological polar surface area (TPSA) is 105 Å². The van der Waals surface area contributed by atoms with E-state index in [1.165, 1.54) is 19.6 Å². The number of esters is 2. The van der Waals surface area contributed by atoms with Crippen molar-refractivity contribution in [2.75, 3.05) is 33.2 Å². The summed E-state index contributed by atoms with van der Waals surface area (Å²) in [5, 5.41) is 0. The van der Waals surface area contributed by atoms with Gasteiger partial charge in [-0.05, 0) is 49.7 Å². The maximum atomic E-state index is 12.2. The minimum absolute atomic E-state index is 0.220. The standard InChI is InChI=1S/C24H38O8S/c1-20(25)30-16-10-6-11-17-31-23(24(26)29-2)19-22-15-9-8-14-21(22)13-7-4-5-12-18-32-33(3,27)28/h8-9,14-15,23H,4-7,10-13,16-19H2,1-3H3. The Bertz CT molecular complexity index is 806. The maximum absolute atomic E-state index is 12.2. The number of rotatable bonds is 18. The molecule has 8 nitrogen and oxygen atoms in total. The van der Waals surface area contributed by atoms with E-state index in [2.05, 4.69) is 6.07 Å². The van der Waals surface area contributed by atoms with Gasteiger partial charge in [-0.25, -0.2) is 4.79 Å². The third kappa shape index (κ3) is 14.7. The molecule has 9 heteroatoms. The zero-order valence-corrected chi connectivity index (χ0v) is 20.9. The van der Waals surface area contributed by atoms with Crippen LogP contribution in [-0.2, 0) is 50.9 Å². The van der Waals surface area contributed by atoms with Crippen LogP contribution in [0.4, 0.5) is 0 Å². The number of hydrogen-bond donors (Lipinski definition) is 0. The molecule has 188 valence electrons. The van der Waals surface area contributed by atoms with Gasteiger partial charge in [0.2, 0.25) is 0 Å². The van der Waals surface area contributed by atoms with Crippen LogP contribution in [0.15, 0.2) is 24.3 Å². The summed E-state index contributed by atoms with van der Waals surface area (Å²) in [6.07, 6.45) is 7.58. The molecular formula is C24H38O8S. The molecule has 0 aliphatic rings. The number of aryl methyl sites for hydroxylation is 1. The predicted molar refractivity (Wildman–Crippen MR) is 125 cm³/mol. The molecule has 0 bridgehead atoms. The first-order valence-corrected chi connectivity index (χ1v) is 13.3. The van der Waals surface area contributed by atoms with E-state index in [0.717, 1.165) is 56.8 Å². The molecule has 0 amide bonds. The van der Waals surface area contributed by atoms with Crippen molar-refractivity contribution in [3.63, 3.8) is 0 Å². The van der Waals surface area contributed by atoms with E-state index in [1.54, 1.807) is 0 Å². The normalized spacial score (nSPS) is 12.3. The van der Waals surface area contributed by atoms with E-state index >= 15 is 0 Å². The second kappa shape index (κ2) is 16.6. The Morgan fingerprint density at radius 1 is 0.879 bits per heavy atom. The molecular weight excluding hydrogens is 448 g/mol.